The molecule has 2 saturated heterocycles. The van der Waals surface area contributed by atoms with Crippen LogP contribution in [0.25, 0.3) is 0 Å². The van der Waals surface area contributed by atoms with Crippen molar-refractivity contribution in [1.82, 2.24) is 10.6 Å². The maximum absolute atomic E-state index is 11.5. The molecule has 5 N–H and O–H groups in total. The van der Waals surface area contributed by atoms with Gasteiger partial charge in [0.15, 0.2) is 5.11 Å². The van der Waals surface area contributed by atoms with Gasteiger partial charge in [-0.3, -0.25) is 10.1 Å². The van der Waals surface area contributed by atoms with Crippen LogP contribution in [0.3, 0.4) is 0 Å². The number of carbonyl (C=O) groups is 1. The van der Waals surface area contributed by atoms with E-state index in [1.807, 2.05) is 0 Å². The Hall–Kier alpha value is -0.800. The van der Waals surface area contributed by atoms with Gasteiger partial charge in [0, 0.05) is 0 Å². The summed E-state index contributed by atoms with van der Waals surface area (Å²) in [6, 6.07) is 0. The summed E-state index contributed by atoms with van der Waals surface area (Å²) in [5, 5.41) is 33.0. The minimum absolute atomic E-state index is 0.0163. The second-order valence-corrected chi connectivity index (χ2v) is 3.87. The number of hydrogen-bond donors (Lipinski definition) is 5. The van der Waals surface area contributed by atoms with Crippen molar-refractivity contribution in [2.24, 2.45) is 0 Å². The van der Waals surface area contributed by atoms with Crippen LogP contribution in [-0.4, -0.2) is 57.0 Å². The molecule has 4 atom stereocenters. The first kappa shape index (κ1) is 10.7. The lowest BCUT2D eigenvalue weighted by molar-refractivity contribution is -0.232. The molecule has 7 nitrogen and oxygen atoms in total. The highest BCUT2D eigenvalue weighted by molar-refractivity contribution is 7.80. The third-order valence-electron chi connectivity index (χ3n) is 2.48. The third-order valence-corrected chi connectivity index (χ3v) is 2.68. The minimum atomic E-state index is -1.78. The molecular formula is C7H10N2O5S. The van der Waals surface area contributed by atoms with Crippen molar-refractivity contribution in [3.05, 3.63) is 0 Å². The highest BCUT2D eigenvalue weighted by Crippen LogP contribution is 2.26. The van der Waals surface area contributed by atoms with Crippen LogP contribution in [0.4, 0.5) is 0 Å². The summed E-state index contributed by atoms with van der Waals surface area (Å²) >= 11 is 4.69. The number of nitrogens with one attached hydrogen (secondary N) is 2. The van der Waals surface area contributed by atoms with Crippen LogP contribution in [0.15, 0.2) is 0 Å². The van der Waals surface area contributed by atoms with Crippen molar-refractivity contribution >= 4 is 23.2 Å². The third kappa shape index (κ3) is 1.42. The van der Waals surface area contributed by atoms with E-state index in [9.17, 15) is 20.1 Å². The molecule has 2 heterocycles. The van der Waals surface area contributed by atoms with Crippen LogP contribution < -0.4 is 10.6 Å². The normalized spacial score (nSPS) is 45.4. The average Bonchev–Trinajstić information content (AvgIpc) is 2.46. The SMILES string of the molecule is O=C1NC(=S)N[C@]12OC[C@@H](O)[C@H](O)[C@H]2O. The van der Waals surface area contributed by atoms with E-state index < -0.39 is 29.9 Å². The largest absolute Gasteiger partial charge is 0.388 e. The van der Waals surface area contributed by atoms with Crippen LogP contribution in [-0.2, 0) is 9.53 Å². The average molecular weight is 234 g/mol. The first-order valence-corrected chi connectivity index (χ1v) is 4.70. The molecule has 0 aliphatic carbocycles. The van der Waals surface area contributed by atoms with Gasteiger partial charge in [0.1, 0.15) is 18.3 Å². The molecule has 8 heteroatoms. The fourth-order valence-corrected chi connectivity index (χ4v) is 1.86. The molecule has 15 heavy (non-hydrogen) atoms. The summed E-state index contributed by atoms with van der Waals surface area (Å²) in [5.74, 6) is -0.675. The van der Waals surface area contributed by atoms with Crippen molar-refractivity contribution in [2.45, 2.75) is 24.0 Å². The monoisotopic (exact) mass is 234 g/mol. The number of hydrogen-bond acceptors (Lipinski definition) is 6. The lowest BCUT2D eigenvalue weighted by atomic mass is 9.94. The molecule has 0 unspecified atom stereocenters. The lowest BCUT2D eigenvalue weighted by Crippen LogP contribution is -2.68. The molecule has 84 valence electrons. The molecule has 2 fully saturated rings. The predicted molar refractivity (Wildman–Crippen MR) is 50.6 cm³/mol. The van der Waals surface area contributed by atoms with Crippen LogP contribution in [0, 0.1) is 0 Å². The van der Waals surface area contributed by atoms with E-state index in [0.29, 0.717) is 0 Å². The second kappa shape index (κ2) is 3.35. The van der Waals surface area contributed by atoms with Crippen molar-refractivity contribution in [3.8, 4) is 0 Å². The molecule has 2 aliphatic rings. The molecule has 1 spiro atoms. The van der Waals surface area contributed by atoms with Gasteiger partial charge in [-0.05, 0) is 12.2 Å². The van der Waals surface area contributed by atoms with Crippen LogP contribution in [0.5, 0.6) is 0 Å². The topological polar surface area (TPSA) is 111 Å². The summed E-state index contributed by atoms with van der Waals surface area (Å²) < 4.78 is 5.03. The zero-order valence-corrected chi connectivity index (χ0v) is 8.32. The fourth-order valence-electron chi connectivity index (χ4n) is 1.61. The van der Waals surface area contributed by atoms with E-state index in [1.54, 1.807) is 0 Å². The van der Waals surface area contributed by atoms with E-state index in [2.05, 4.69) is 10.6 Å². The molecule has 0 aromatic heterocycles. The quantitative estimate of drug-likeness (QED) is 0.281. The maximum atomic E-state index is 11.5. The summed E-state index contributed by atoms with van der Waals surface area (Å²) in [5.41, 5.74) is -1.78. The number of amides is 1. The summed E-state index contributed by atoms with van der Waals surface area (Å²) in [6.45, 7) is -0.263. The molecule has 2 rings (SSSR count). The van der Waals surface area contributed by atoms with Gasteiger partial charge in [-0.25, -0.2) is 0 Å². The molecular weight excluding hydrogens is 224 g/mol. The van der Waals surface area contributed by atoms with Crippen LogP contribution >= 0.6 is 12.2 Å². The number of carbonyl (C=O) groups excluding carboxylic acids is 1. The molecule has 0 aromatic carbocycles. The molecule has 0 bridgehead atoms. The van der Waals surface area contributed by atoms with Gasteiger partial charge in [-0.1, -0.05) is 0 Å². The summed E-state index contributed by atoms with van der Waals surface area (Å²) in [7, 11) is 0. The van der Waals surface area contributed by atoms with Crippen molar-refractivity contribution in [1.29, 1.82) is 0 Å². The first-order valence-electron chi connectivity index (χ1n) is 4.29. The summed E-state index contributed by atoms with van der Waals surface area (Å²) in [6.07, 6.45) is -4.27. The smallest absolute Gasteiger partial charge is 0.282 e. The Bertz CT molecular complexity index is 325. The molecule has 2 aliphatic heterocycles. The zero-order chi connectivity index (χ0) is 11.2. The van der Waals surface area contributed by atoms with E-state index in [1.165, 1.54) is 0 Å². The van der Waals surface area contributed by atoms with Gasteiger partial charge in [-0.15, -0.1) is 0 Å². The Morgan fingerprint density at radius 3 is 2.67 bits per heavy atom. The number of thiocarbonyl (C=S) groups is 1. The predicted octanol–water partition coefficient (Wildman–Crippen LogP) is -3.20. The summed E-state index contributed by atoms with van der Waals surface area (Å²) in [4.78, 5) is 11.5. The second-order valence-electron chi connectivity index (χ2n) is 3.46. The Morgan fingerprint density at radius 2 is 2.13 bits per heavy atom. The zero-order valence-electron chi connectivity index (χ0n) is 7.51. The van der Waals surface area contributed by atoms with Gasteiger partial charge in [0.2, 0.25) is 0 Å². The van der Waals surface area contributed by atoms with Gasteiger partial charge < -0.3 is 25.4 Å². The minimum Gasteiger partial charge on any atom is -0.388 e. The molecule has 0 aromatic rings. The van der Waals surface area contributed by atoms with Gasteiger partial charge >= 0.3 is 0 Å². The molecule has 0 radical (unpaired) electrons. The van der Waals surface area contributed by atoms with Gasteiger partial charge in [0.25, 0.3) is 11.6 Å². The van der Waals surface area contributed by atoms with Crippen LogP contribution in [0.1, 0.15) is 0 Å². The van der Waals surface area contributed by atoms with Gasteiger partial charge in [-0.2, -0.15) is 0 Å². The van der Waals surface area contributed by atoms with Crippen molar-refractivity contribution in [2.75, 3.05) is 6.61 Å². The molecule has 1 amide bonds. The number of ether oxygens (including phenoxy) is 1. The highest BCUT2D eigenvalue weighted by atomic mass is 32.1. The van der Waals surface area contributed by atoms with Crippen LogP contribution in [0.2, 0.25) is 0 Å². The van der Waals surface area contributed by atoms with E-state index in [-0.39, 0.29) is 11.7 Å². The Kier molecular flexibility index (Phi) is 2.40. The van der Waals surface area contributed by atoms with E-state index >= 15 is 0 Å². The van der Waals surface area contributed by atoms with E-state index in [0.717, 1.165) is 0 Å². The highest BCUT2D eigenvalue weighted by Gasteiger charge is 2.58. The Morgan fingerprint density at radius 1 is 1.47 bits per heavy atom. The van der Waals surface area contributed by atoms with Gasteiger partial charge in [0.05, 0.1) is 6.61 Å². The maximum Gasteiger partial charge on any atom is 0.282 e. The lowest BCUT2D eigenvalue weighted by Gasteiger charge is -2.40. The molecule has 0 saturated carbocycles. The first-order chi connectivity index (χ1) is 6.97. The number of rotatable bonds is 0. The number of aliphatic hydroxyl groups excluding tert-OH is 3. The number of aliphatic hydroxyl groups is 3. The Balaban J connectivity index is 2.29. The fraction of sp³-hybridized carbons (Fsp3) is 0.714. The standard InChI is InChI=1S/C7H10N2O5S/c10-2-1-14-7(4(12)3(2)11)5(13)8-6(15)9-7/h2-4,10-12H,1H2,(H2,8,9,13,15)/t2-,3+,4-,7-/m1/s1. The Labute approximate surface area is 90.0 Å². The van der Waals surface area contributed by atoms with Crippen molar-refractivity contribution in [3.63, 3.8) is 0 Å². The van der Waals surface area contributed by atoms with E-state index in [4.69, 9.17) is 17.0 Å². The van der Waals surface area contributed by atoms with Crippen molar-refractivity contribution < 1.29 is 24.9 Å².